The van der Waals surface area contributed by atoms with E-state index < -0.39 is 0 Å². The van der Waals surface area contributed by atoms with Gasteiger partial charge in [0.15, 0.2) is 12.4 Å². The summed E-state index contributed by atoms with van der Waals surface area (Å²) in [7, 11) is 4.13. The van der Waals surface area contributed by atoms with Crippen LogP contribution in [0.3, 0.4) is 0 Å². The van der Waals surface area contributed by atoms with E-state index in [0.29, 0.717) is 18.4 Å². The van der Waals surface area contributed by atoms with Crippen LogP contribution in [0.25, 0.3) is 0 Å². The maximum absolute atomic E-state index is 12.2. The van der Waals surface area contributed by atoms with Crippen molar-refractivity contribution < 1.29 is 26.3 Å². The summed E-state index contributed by atoms with van der Waals surface area (Å²) in [5, 5.41) is 0. The van der Waals surface area contributed by atoms with Gasteiger partial charge in [0.1, 0.15) is 6.54 Å². The highest BCUT2D eigenvalue weighted by Gasteiger charge is 2.23. The van der Waals surface area contributed by atoms with Crippen LogP contribution in [0.15, 0.2) is 30.6 Å². The van der Waals surface area contributed by atoms with Crippen molar-refractivity contribution in [2.24, 2.45) is 0 Å². The number of nitrogens with zero attached hydrogens (tertiary/aromatic N) is 3. The molecule has 1 aliphatic rings. The van der Waals surface area contributed by atoms with Crippen molar-refractivity contribution in [3.05, 3.63) is 30.6 Å². The molecule has 1 aliphatic heterocycles. The van der Waals surface area contributed by atoms with Crippen molar-refractivity contribution in [1.29, 1.82) is 0 Å². The van der Waals surface area contributed by atoms with E-state index in [0.717, 1.165) is 45.3 Å². The Kier molecular flexibility index (Phi) is 8.64. The van der Waals surface area contributed by atoms with E-state index in [4.69, 9.17) is 0 Å². The molecule has 5 heteroatoms. The van der Waals surface area contributed by atoms with Gasteiger partial charge in [-0.3, -0.25) is 4.79 Å². The van der Waals surface area contributed by atoms with Gasteiger partial charge in [0.05, 0.1) is 0 Å². The third-order valence-corrected chi connectivity index (χ3v) is 4.46. The molecule has 2 heterocycles. The molecule has 124 valence electrons. The molecule has 1 aromatic heterocycles. The van der Waals surface area contributed by atoms with Gasteiger partial charge in [-0.15, -0.1) is 0 Å². The van der Waals surface area contributed by atoms with Gasteiger partial charge in [0.2, 0.25) is 5.91 Å². The molecule has 0 N–H and O–H groups in total. The van der Waals surface area contributed by atoms with Crippen LogP contribution in [0.2, 0.25) is 0 Å². The number of likely N-dealkylation sites (tertiary alicyclic amines) is 1. The number of hydrogen-bond donors (Lipinski definition) is 0. The predicted octanol–water partition coefficient (Wildman–Crippen LogP) is -1.30. The maximum atomic E-state index is 12.2. The zero-order valence-corrected chi connectivity index (χ0v) is 15.3. The minimum Gasteiger partial charge on any atom is -1.00 e. The van der Waals surface area contributed by atoms with Crippen LogP contribution in [0.1, 0.15) is 32.1 Å². The third-order valence-electron chi connectivity index (χ3n) is 4.46. The number of aromatic nitrogens is 1. The normalized spacial score (nSPS) is 16.1. The molecule has 0 saturated carbocycles. The zero-order chi connectivity index (χ0) is 15.1. The van der Waals surface area contributed by atoms with Crippen LogP contribution in [0, 0.1) is 0 Å². The Morgan fingerprint density at radius 2 is 1.82 bits per heavy atom. The SMILES string of the molecule is CN1CCC(N(C)C(=O)CCCC[n+]2ccccc2)CC1.[Br-]. The van der Waals surface area contributed by atoms with E-state index in [9.17, 15) is 4.79 Å². The molecule has 22 heavy (non-hydrogen) atoms. The monoisotopic (exact) mass is 369 g/mol. The van der Waals surface area contributed by atoms with E-state index in [-0.39, 0.29) is 17.0 Å². The minimum atomic E-state index is 0. The van der Waals surface area contributed by atoms with Crippen LogP contribution in [0.4, 0.5) is 0 Å². The van der Waals surface area contributed by atoms with Gasteiger partial charge in [0, 0.05) is 38.1 Å². The number of unbranched alkanes of at least 4 members (excludes halogenated alkanes) is 1. The molecule has 0 aromatic carbocycles. The largest absolute Gasteiger partial charge is 1.00 e. The Bertz CT molecular complexity index is 433. The van der Waals surface area contributed by atoms with Gasteiger partial charge in [-0.25, -0.2) is 4.57 Å². The van der Waals surface area contributed by atoms with Crippen molar-refractivity contribution in [1.82, 2.24) is 9.80 Å². The smallest absolute Gasteiger partial charge is 0.222 e. The van der Waals surface area contributed by atoms with Crippen LogP contribution in [-0.4, -0.2) is 48.9 Å². The number of pyridine rings is 1. The van der Waals surface area contributed by atoms with Crippen molar-refractivity contribution in [2.45, 2.75) is 44.7 Å². The van der Waals surface area contributed by atoms with Crippen LogP contribution >= 0.6 is 0 Å². The summed E-state index contributed by atoms with van der Waals surface area (Å²) in [5.41, 5.74) is 0. The Morgan fingerprint density at radius 1 is 1.18 bits per heavy atom. The Balaban J connectivity index is 0.00000242. The second-order valence-corrected chi connectivity index (χ2v) is 6.11. The summed E-state index contributed by atoms with van der Waals surface area (Å²) < 4.78 is 2.17. The highest BCUT2D eigenvalue weighted by molar-refractivity contribution is 5.76. The summed E-state index contributed by atoms with van der Waals surface area (Å²) in [6.45, 7) is 3.20. The topological polar surface area (TPSA) is 27.4 Å². The van der Waals surface area contributed by atoms with Crippen LogP contribution < -0.4 is 21.5 Å². The number of piperidine rings is 1. The molecular formula is C17H28BrN3O. The molecular weight excluding hydrogens is 342 g/mol. The van der Waals surface area contributed by atoms with E-state index >= 15 is 0 Å². The average molecular weight is 370 g/mol. The van der Waals surface area contributed by atoms with Crippen molar-refractivity contribution in [3.63, 3.8) is 0 Å². The number of hydrogen-bond acceptors (Lipinski definition) is 2. The third kappa shape index (κ3) is 6.05. The number of carbonyl (C=O) groups is 1. The highest BCUT2D eigenvalue weighted by Crippen LogP contribution is 2.15. The fourth-order valence-corrected chi connectivity index (χ4v) is 2.92. The minimum absolute atomic E-state index is 0. The molecule has 0 aliphatic carbocycles. The van der Waals surface area contributed by atoms with Gasteiger partial charge in [0.25, 0.3) is 0 Å². The van der Waals surface area contributed by atoms with Gasteiger partial charge in [-0.05, 0) is 39.4 Å². The molecule has 0 radical (unpaired) electrons. The molecule has 1 fully saturated rings. The molecule has 0 bridgehead atoms. The number of halogens is 1. The number of amides is 1. The number of carbonyl (C=O) groups excluding carboxylic acids is 1. The molecule has 1 aromatic rings. The molecule has 1 saturated heterocycles. The molecule has 0 atom stereocenters. The standard InChI is InChI=1S/C17H28N3O.BrH/c1-18-14-9-16(10-15-18)19(2)17(21)8-4-7-13-20-11-5-3-6-12-20;/h3,5-6,11-12,16H,4,7-10,13-15H2,1-2H3;1H/q+1;/p-1. The van der Waals surface area contributed by atoms with Crippen molar-refractivity contribution in [2.75, 3.05) is 27.2 Å². The van der Waals surface area contributed by atoms with Crippen LogP contribution in [0.5, 0.6) is 0 Å². The molecule has 0 spiro atoms. The quantitative estimate of drug-likeness (QED) is 0.460. The summed E-state index contributed by atoms with van der Waals surface area (Å²) in [6.07, 6.45) is 9.08. The van der Waals surface area contributed by atoms with E-state index in [1.165, 1.54) is 0 Å². The summed E-state index contributed by atoms with van der Waals surface area (Å²) in [6, 6.07) is 6.55. The van der Waals surface area contributed by atoms with Crippen LogP contribution in [-0.2, 0) is 11.3 Å². The van der Waals surface area contributed by atoms with Gasteiger partial charge in [-0.1, -0.05) is 6.07 Å². The lowest BCUT2D eigenvalue weighted by molar-refractivity contribution is -0.697. The predicted molar refractivity (Wildman–Crippen MR) is 83.8 cm³/mol. The Morgan fingerprint density at radius 3 is 2.45 bits per heavy atom. The molecule has 4 nitrogen and oxygen atoms in total. The average Bonchev–Trinajstić information content (AvgIpc) is 2.52. The Hall–Kier alpha value is -0.940. The summed E-state index contributed by atoms with van der Waals surface area (Å²) in [4.78, 5) is 16.6. The Labute approximate surface area is 144 Å². The number of aryl methyl sites for hydroxylation is 1. The summed E-state index contributed by atoms with van der Waals surface area (Å²) in [5.74, 6) is 0.308. The van der Waals surface area contributed by atoms with E-state index in [2.05, 4.69) is 28.9 Å². The molecule has 0 unspecified atom stereocenters. The fraction of sp³-hybridized carbons (Fsp3) is 0.647. The zero-order valence-electron chi connectivity index (χ0n) is 13.7. The molecule has 1 amide bonds. The first-order valence-corrected chi connectivity index (χ1v) is 8.05. The second kappa shape index (κ2) is 9.95. The first kappa shape index (κ1) is 19.1. The fourth-order valence-electron chi connectivity index (χ4n) is 2.92. The lowest BCUT2D eigenvalue weighted by Gasteiger charge is -2.35. The number of rotatable bonds is 6. The second-order valence-electron chi connectivity index (χ2n) is 6.11. The van der Waals surface area contributed by atoms with Crippen molar-refractivity contribution in [3.8, 4) is 0 Å². The lowest BCUT2D eigenvalue weighted by atomic mass is 10.0. The summed E-state index contributed by atoms with van der Waals surface area (Å²) >= 11 is 0. The van der Waals surface area contributed by atoms with Gasteiger partial charge < -0.3 is 26.8 Å². The van der Waals surface area contributed by atoms with E-state index in [1.807, 2.05) is 30.1 Å². The van der Waals surface area contributed by atoms with Gasteiger partial charge in [-0.2, -0.15) is 0 Å². The maximum Gasteiger partial charge on any atom is 0.222 e. The first-order chi connectivity index (χ1) is 10.2. The lowest BCUT2D eigenvalue weighted by Crippen LogP contribution is -3.00. The molecule has 2 rings (SSSR count). The first-order valence-electron chi connectivity index (χ1n) is 8.05. The van der Waals surface area contributed by atoms with E-state index in [1.54, 1.807) is 0 Å². The van der Waals surface area contributed by atoms with Crippen molar-refractivity contribution >= 4 is 5.91 Å². The highest BCUT2D eigenvalue weighted by atomic mass is 79.9. The van der Waals surface area contributed by atoms with Gasteiger partial charge >= 0.3 is 0 Å².